The van der Waals surface area contributed by atoms with E-state index in [0.717, 1.165) is 0 Å². The summed E-state index contributed by atoms with van der Waals surface area (Å²) in [6.07, 6.45) is 0. The first-order valence-electron chi connectivity index (χ1n) is 7.66. The van der Waals surface area contributed by atoms with Gasteiger partial charge in [0.2, 0.25) is 0 Å². The number of ketones is 1. The smallest absolute Gasteiger partial charge is 0.355 e. The van der Waals surface area contributed by atoms with Gasteiger partial charge in [-0.3, -0.25) is 4.79 Å². The van der Waals surface area contributed by atoms with Gasteiger partial charge < -0.3 is 15.4 Å². The zero-order chi connectivity index (χ0) is 17.8. The number of Topliss-reactive ketones (excluding diaryl/α,β-unsaturated/α-hetero) is 1. The third-order valence-corrected chi connectivity index (χ3v) is 3.88. The van der Waals surface area contributed by atoms with Crippen molar-refractivity contribution in [3.05, 3.63) is 83.1 Å². The van der Waals surface area contributed by atoms with Crippen molar-refractivity contribution in [1.82, 2.24) is 10.6 Å². The maximum absolute atomic E-state index is 13.1. The number of ether oxygens (including phenoxy) is 1. The van der Waals surface area contributed by atoms with E-state index in [2.05, 4.69) is 10.6 Å². The van der Waals surface area contributed by atoms with E-state index in [0.29, 0.717) is 11.1 Å². The number of benzene rings is 2. The molecule has 2 amide bonds. The number of carbonyl (C=O) groups is 3. The molecule has 6 nitrogen and oxygen atoms in total. The molecule has 1 heterocycles. The molecule has 0 aromatic heterocycles. The molecule has 3 rings (SSSR count). The van der Waals surface area contributed by atoms with Gasteiger partial charge >= 0.3 is 12.0 Å². The summed E-state index contributed by atoms with van der Waals surface area (Å²) in [7, 11) is 1.20. The number of carbonyl (C=O) groups excluding carboxylic acids is 3. The van der Waals surface area contributed by atoms with Crippen LogP contribution in [0.4, 0.5) is 4.79 Å². The van der Waals surface area contributed by atoms with Gasteiger partial charge in [-0.05, 0) is 5.56 Å². The molecule has 25 heavy (non-hydrogen) atoms. The normalized spacial score (nSPS) is 16.7. The summed E-state index contributed by atoms with van der Waals surface area (Å²) in [5.41, 5.74) is 1.11. The molecule has 0 saturated heterocycles. The quantitative estimate of drug-likeness (QED) is 0.663. The zero-order valence-electron chi connectivity index (χ0n) is 13.5. The van der Waals surface area contributed by atoms with Crippen LogP contribution in [0.3, 0.4) is 0 Å². The minimum Gasteiger partial charge on any atom is -0.464 e. The van der Waals surface area contributed by atoms with E-state index in [1.807, 2.05) is 6.07 Å². The lowest BCUT2D eigenvalue weighted by atomic mass is 9.89. The molecular weight excluding hydrogens is 320 g/mol. The van der Waals surface area contributed by atoms with Crippen molar-refractivity contribution < 1.29 is 19.1 Å². The van der Waals surface area contributed by atoms with Crippen LogP contribution in [-0.4, -0.2) is 24.9 Å². The Morgan fingerprint density at radius 2 is 1.56 bits per heavy atom. The lowest BCUT2D eigenvalue weighted by Gasteiger charge is -2.28. The maximum atomic E-state index is 13.1. The van der Waals surface area contributed by atoms with Crippen LogP contribution in [0.25, 0.3) is 0 Å². The van der Waals surface area contributed by atoms with Crippen molar-refractivity contribution in [2.75, 3.05) is 7.11 Å². The van der Waals surface area contributed by atoms with E-state index in [1.54, 1.807) is 54.6 Å². The van der Waals surface area contributed by atoms with E-state index in [4.69, 9.17) is 4.74 Å². The summed E-state index contributed by atoms with van der Waals surface area (Å²) in [5, 5.41) is 5.11. The van der Waals surface area contributed by atoms with Gasteiger partial charge in [0.25, 0.3) is 0 Å². The van der Waals surface area contributed by atoms with E-state index in [-0.39, 0.29) is 17.1 Å². The molecule has 1 aliphatic rings. The molecule has 0 radical (unpaired) electrons. The van der Waals surface area contributed by atoms with Crippen LogP contribution in [0.15, 0.2) is 71.9 Å². The molecule has 0 aliphatic carbocycles. The van der Waals surface area contributed by atoms with Gasteiger partial charge in [-0.1, -0.05) is 60.7 Å². The number of amides is 2. The Labute approximate surface area is 144 Å². The summed E-state index contributed by atoms with van der Waals surface area (Å²) < 4.78 is 4.75. The molecule has 2 aromatic rings. The van der Waals surface area contributed by atoms with E-state index in [1.165, 1.54) is 7.11 Å². The topological polar surface area (TPSA) is 84.5 Å². The fourth-order valence-corrected chi connectivity index (χ4v) is 2.71. The van der Waals surface area contributed by atoms with Crippen molar-refractivity contribution >= 4 is 17.8 Å². The second-order valence-electron chi connectivity index (χ2n) is 5.42. The van der Waals surface area contributed by atoms with Crippen molar-refractivity contribution in [2.45, 2.75) is 6.04 Å². The van der Waals surface area contributed by atoms with Crippen LogP contribution >= 0.6 is 0 Å². The Bertz CT molecular complexity index is 844. The third kappa shape index (κ3) is 3.28. The number of rotatable bonds is 4. The molecule has 2 aromatic carbocycles. The van der Waals surface area contributed by atoms with E-state index in [9.17, 15) is 14.4 Å². The van der Waals surface area contributed by atoms with E-state index < -0.39 is 18.0 Å². The monoisotopic (exact) mass is 336 g/mol. The Hall–Kier alpha value is -3.41. The fraction of sp³-hybridized carbons (Fsp3) is 0.105. The summed E-state index contributed by atoms with van der Waals surface area (Å²) in [4.78, 5) is 37.2. The lowest BCUT2D eigenvalue weighted by Crippen LogP contribution is -2.47. The Kier molecular flexibility index (Phi) is 4.61. The molecule has 0 fully saturated rings. The summed E-state index contributed by atoms with van der Waals surface area (Å²) in [5.74, 6) is -1.13. The molecule has 1 atom stereocenters. The van der Waals surface area contributed by atoms with Gasteiger partial charge in [0, 0.05) is 5.56 Å². The molecule has 1 unspecified atom stereocenters. The molecule has 126 valence electrons. The van der Waals surface area contributed by atoms with Crippen LogP contribution in [-0.2, 0) is 9.53 Å². The maximum Gasteiger partial charge on any atom is 0.355 e. The third-order valence-electron chi connectivity index (χ3n) is 3.88. The van der Waals surface area contributed by atoms with Crippen LogP contribution in [0, 0.1) is 0 Å². The minimum absolute atomic E-state index is 0.142. The predicted molar refractivity (Wildman–Crippen MR) is 90.7 cm³/mol. The number of hydrogen-bond acceptors (Lipinski definition) is 4. The Balaban J connectivity index is 2.17. The first-order chi connectivity index (χ1) is 12.1. The van der Waals surface area contributed by atoms with E-state index >= 15 is 0 Å². The molecule has 0 spiro atoms. The highest BCUT2D eigenvalue weighted by Gasteiger charge is 2.36. The lowest BCUT2D eigenvalue weighted by molar-refractivity contribution is -0.136. The molecule has 2 N–H and O–H groups in total. The highest BCUT2D eigenvalue weighted by Crippen LogP contribution is 2.29. The van der Waals surface area contributed by atoms with Crippen LogP contribution in [0.5, 0.6) is 0 Å². The summed E-state index contributed by atoms with van der Waals surface area (Å²) in [6.45, 7) is 0. The average Bonchev–Trinajstić information content (AvgIpc) is 2.67. The SMILES string of the molecule is COC(=O)C1=C(C(=O)c2ccccc2)C(c2ccccc2)NC(=O)N1. The minimum atomic E-state index is -0.768. The second-order valence-corrected chi connectivity index (χ2v) is 5.42. The van der Waals surface area contributed by atoms with Gasteiger partial charge in [0.1, 0.15) is 5.70 Å². The number of urea groups is 1. The first kappa shape index (κ1) is 16.4. The highest BCUT2D eigenvalue weighted by molar-refractivity contribution is 6.15. The van der Waals surface area contributed by atoms with Crippen molar-refractivity contribution in [2.24, 2.45) is 0 Å². The largest absolute Gasteiger partial charge is 0.464 e. The predicted octanol–water partition coefficient (Wildman–Crippen LogP) is 2.35. The van der Waals surface area contributed by atoms with Crippen LogP contribution in [0.2, 0.25) is 0 Å². The van der Waals surface area contributed by atoms with Gasteiger partial charge in [-0.15, -0.1) is 0 Å². The average molecular weight is 336 g/mol. The van der Waals surface area contributed by atoms with Crippen LogP contribution < -0.4 is 10.6 Å². The number of methoxy groups -OCH3 is 1. The highest BCUT2D eigenvalue weighted by atomic mass is 16.5. The standard InChI is InChI=1S/C19H16N2O4/c1-25-18(23)16-14(17(22)13-10-6-3-7-11-13)15(20-19(24)21-16)12-8-4-2-5-9-12/h2-11,15H,1H3,(H2,20,21,24). The molecule has 1 aliphatic heterocycles. The number of esters is 1. The Morgan fingerprint density at radius 1 is 0.960 bits per heavy atom. The van der Waals surface area contributed by atoms with Crippen LogP contribution in [0.1, 0.15) is 22.0 Å². The van der Waals surface area contributed by atoms with Gasteiger partial charge in [-0.2, -0.15) is 0 Å². The molecular formula is C19H16N2O4. The molecule has 6 heteroatoms. The van der Waals surface area contributed by atoms with Gasteiger partial charge in [0.05, 0.1) is 18.7 Å². The van der Waals surface area contributed by atoms with Crippen molar-refractivity contribution in [3.63, 3.8) is 0 Å². The zero-order valence-corrected chi connectivity index (χ0v) is 13.5. The Morgan fingerprint density at radius 3 is 2.16 bits per heavy atom. The van der Waals surface area contributed by atoms with Crippen molar-refractivity contribution in [1.29, 1.82) is 0 Å². The van der Waals surface area contributed by atoms with Gasteiger partial charge in [-0.25, -0.2) is 9.59 Å². The fourth-order valence-electron chi connectivity index (χ4n) is 2.71. The second kappa shape index (κ2) is 7.00. The molecule has 0 bridgehead atoms. The number of hydrogen-bond donors (Lipinski definition) is 2. The van der Waals surface area contributed by atoms with Gasteiger partial charge in [0.15, 0.2) is 5.78 Å². The van der Waals surface area contributed by atoms with Crippen molar-refractivity contribution in [3.8, 4) is 0 Å². The summed E-state index contributed by atoms with van der Waals surface area (Å²) in [6, 6.07) is 16.2. The first-order valence-corrected chi connectivity index (χ1v) is 7.66. The molecule has 0 saturated carbocycles. The number of nitrogens with one attached hydrogen (secondary N) is 2. The summed E-state index contributed by atoms with van der Waals surface area (Å²) >= 11 is 0.